The summed E-state index contributed by atoms with van der Waals surface area (Å²) in [4.78, 5) is 16.2. The van der Waals surface area contributed by atoms with Crippen molar-refractivity contribution in [3.8, 4) is 0 Å². The van der Waals surface area contributed by atoms with Gasteiger partial charge in [-0.2, -0.15) is 0 Å². The number of benzene rings is 2. The molecule has 4 aromatic rings. The standard InChI is InChI=1S/C17H16N4S/c1-2-15(16-18-11-7-3-4-8-12(11)19-16)22-17-20-13-9-5-6-10-14(13)21-17/h3-10,15H,2H2,1H3,(H,18,19)(H,20,21). The fourth-order valence-electron chi connectivity index (χ4n) is 2.58. The van der Waals surface area contributed by atoms with E-state index in [1.54, 1.807) is 11.8 Å². The molecule has 2 aromatic heterocycles. The second-order valence-electron chi connectivity index (χ2n) is 5.21. The Morgan fingerprint density at radius 1 is 0.909 bits per heavy atom. The first-order chi connectivity index (χ1) is 10.8. The molecular weight excluding hydrogens is 292 g/mol. The fraction of sp³-hybridized carbons (Fsp3) is 0.176. The average Bonchev–Trinajstić information content (AvgIpc) is 3.15. The quantitative estimate of drug-likeness (QED) is 0.538. The van der Waals surface area contributed by atoms with Gasteiger partial charge in [0.05, 0.1) is 27.3 Å². The molecule has 0 saturated carbocycles. The molecule has 1 unspecified atom stereocenters. The van der Waals surface area contributed by atoms with E-state index in [9.17, 15) is 0 Å². The number of para-hydroxylation sites is 4. The minimum Gasteiger partial charge on any atom is -0.341 e. The van der Waals surface area contributed by atoms with E-state index in [4.69, 9.17) is 4.98 Å². The summed E-state index contributed by atoms with van der Waals surface area (Å²) in [6, 6.07) is 16.2. The SMILES string of the molecule is CCC(Sc1nc2ccccc2[nH]1)c1nc2ccccc2[nH]1. The minimum atomic E-state index is 0.257. The summed E-state index contributed by atoms with van der Waals surface area (Å²) in [5.41, 5.74) is 4.18. The Hall–Kier alpha value is -2.27. The number of hydrogen-bond donors (Lipinski definition) is 2. The Kier molecular flexibility index (Phi) is 3.35. The van der Waals surface area contributed by atoms with Gasteiger partial charge in [-0.1, -0.05) is 43.0 Å². The zero-order valence-electron chi connectivity index (χ0n) is 12.2. The molecule has 0 fully saturated rings. The summed E-state index contributed by atoms with van der Waals surface area (Å²) in [5, 5.41) is 1.20. The molecule has 1 atom stereocenters. The van der Waals surface area contributed by atoms with Crippen LogP contribution < -0.4 is 0 Å². The number of fused-ring (bicyclic) bond motifs is 2. The van der Waals surface area contributed by atoms with Crippen molar-refractivity contribution in [2.75, 3.05) is 0 Å². The second kappa shape index (κ2) is 5.50. The molecule has 2 aromatic carbocycles. The van der Waals surface area contributed by atoms with Gasteiger partial charge in [0.2, 0.25) is 0 Å². The molecule has 5 heteroatoms. The van der Waals surface area contributed by atoms with E-state index in [0.29, 0.717) is 0 Å². The summed E-state index contributed by atoms with van der Waals surface area (Å²) >= 11 is 1.72. The number of nitrogens with zero attached hydrogens (tertiary/aromatic N) is 2. The lowest BCUT2D eigenvalue weighted by atomic mass is 10.3. The van der Waals surface area contributed by atoms with Gasteiger partial charge >= 0.3 is 0 Å². The molecule has 0 aliphatic carbocycles. The molecule has 2 N–H and O–H groups in total. The van der Waals surface area contributed by atoms with Crippen LogP contribution in [0, 0.1) is 0 Å². The van der Waals surface area contributed by atoms with Crippen LogP contribution in [0.15, 0.2) is 53.7 Å². The minimum absolute atomic E-state index is 0.257. The summed E-state index contributed by atoms with van der Waals surface area (Å²) in [6.07, 6.45) is 0.988. The first kappa shape index (κ1) is 13.4. The highest BCUT2D eigenvalue weighted by Crippen LogP contribution is 2.36. The van der Waals surface area contributed by atoms with Gasteiger partial charge in [-0.05, 0) is 30.7 Å². The Labute approximate surface area is 132 Å². The van der Waals surface area contributed by atoms with Crippen LogP contribution in [0.2, 0.25) is 0 Å². The van der Waals surface area contributed by atoms with Crippen LogP contribution in [0.25, 0.3) is 22.1 Å². The lowest BCUT2D eigenvalue weighted by Gasteiger charge is -2.09. The largest absolute Gasteiger partial charge is 0.341 e. The molecule has 0 spiro atoms. The molecule has 22 heavy (non-hydrogen) atoms. The Bertz CT molecular complexity index is 858. The van der Waals surface area contributed by atoms with E-state index in [1.807, 2.05) is 36.4 Å². The second-order valence-corrected chi connectivity index (χ2v) is 6.40. The highest BCUT2D eigenvalue weighted by molar-refractivity contribution is 7.99. The monoisotopic (exact) mass is 308 g/mol. The zero-order valence-corrected chi connectivity index (χ0v) is 13.0. The van der Waals surface area contributed by atoms with Crippen molar-refractivity contribution in [2.45, 2.75) is 23.8 Å². The number of nitrogens with one attached hydrogen (secondary N) is 2. The van der Waals surface area contributed by atoms with Crippen LogP contribution in [-0.4, -0.2) is 19.9 Å². The van der Waals surface area contributed by atoms with Crippen molar-refractivity contribution in [1.29, 1.82) is 0 Å². The first-order valence-corrected chi connectivity index (χ1v) is 8.27. The summed E-state index contributed by atoms with van der Waals surface area (Å²) in [5.74, 6) is 1.01. The van der Waals surface area contributed by atoms with Crippen molar-refractivity contribution < 1.29 is 0 Å². The summed E-state index contributed by atoms with van der Waals surface area (Å²) in [7, 11) is 0. The molecule has 2 heterocycles. The lowest BCUT2D eigenvalue weighted by molar-refractivity contribution is 0.832. The molecule has 0 aliphatic heterocycles. The molecule has 0 aliphatic rings. The number of aromatic amines is 2. The third-order valence-electron chi connectivity index (χ3n) is 3.71. The van der Waals surface area contributed by atoms with E-state index in [2.05, 4.69) is 34.0 Å². The van der Waals surface area contributed by atoms with E-state index in [1.165, 1.54) is 0 Å². The van der Waals surface area contributed by atoms with Crippen molar-refractivity contribution in [3.05, 3.63) is 54.4 Å². The number of rotatable bonds is 4. The normalized spacial score (nSPS) is 13.0. The van der Waals surface area contributed by atoms with Crippen LogP contribution in [0.4, 0.5) is 0 Å². The van der Waals surface area contributed by atoms with E-state index in [-0.39, 0.29) is 5.25 Å². The van der Waals surface area contributed by atoms with E-state index >= 15 is 0 Å². The Morgan fingerprint density at radius 3 is 2.18 bits per heavy atom. The highest BCUT2D eigenvalue weighted by Gasteiger charge is 2.17. The average molecular weight is 308 g/mol. The Balaban J connectivity index is 1.66. The maximum atomic E-state index is 4.72. The topological polar surface area (TPSA) is 57.4 Å². The van der Waals surface area contributed by atoms with Gasteiger partial charge in [-0.15, -0.1) is 0 Å². The van der Waals surface area contributed by atoms with Gasteiger partial charge in [0, 0.05) is 0 Å². The van der Waals surface area contributed by atoms with E-state index in [0.717, 1.165) is 39.5 Å². The molecule has 0 radical (unpaired) electrons. The molecular formula is C17H16N4S. The van der Waals surface area contributed by atoms with Crippen LogP contribution >= 0.6 is 11.8 Å². The van der Waals surface area contributed by atoms with Crippen LogP contribution in [-0.2, 0) is 0 Å². The molecule has 0 saturated heterocycles. The number of imidazole rings is 2. The maximum Gasteiger partial charge on any atom is 0.167 e. The molecule has 110 valence electrons. The van der Waals surface area contributed by atoms with Crippen molar-refractivity contribution in [3.63, 3.8) is 0 Å². The number of thioether (sulfide) groups is 1. The Morgan fingerprint density at radius 2 is 1.55 bits per heavy atom. The van der Waals surface area contributed by atoms with Gasteiger partial charge in [0.15, 0.2) is 5.16 Å². The smallest absolute Gasteiger partial charge is 0.167 e. The summed E-state index contributed by atoms with van der Waals surface area (Å²) < 4.78 is 0. The predicted molar refractivity (Wildman–Crippen MR) is 91.1 cm³/mol. The van der Waals surface area contributed by atoms with Crippen molar-refractivity contribution >= 4 is 33.8 Å². The van der Waals surface area contributed by atoms with Gasteiger partial charge in [-0.25, -0.2) is 9.97 Å². The number of aromatic nitrogens is 4. The van der Waals surface area contributed by atoms with Crippen LogP contribution in [0.1, 0.15) is 24.4 Å². The van der Waals surface area contributed by atoms with E-state index < -0.39 is 0 Å². The number of hydrogen-bond acceptors (Lipinski definition) is 3. The lowest BCUT2D eigenvalue weighted by Crippen LogP contribution is -1.95. The molecule has 4 nitrogen and oxygen atoms in total. The van der Waals surface area contributed by atoms with Gasteiger partial charge in [-0.3, -0.25) is 0 Å². The molecule has 0 amide bonds. The summed E-state index contributed by atoms with van der Waals surface area (Å²) in [6.45, 7) is 2.17. The van der Waals surface area contributed by atoms with Crippen LogP contribution in [0.5, 0.6) is 0 Å². The van der Waals surface area contributed by atoms with Crippen molar-refractivity contribution in [1.82, 2.24) is 19.9 Å². The van der Waals surface area contributed by atoms with Crippen molar-refractivity contribution in [2.24, 2.45) is 0 Å². The highest BCUT2D eigenvalue weighted by atomic mass is 32.2. The van der Waals surface area contributed by atoms with Gasteiger partial charge < -0.3 is 9.97 Å². The van der Waals surface area contributed by atoms with Gasteiger partial charge in [0.1, 0.15) is 5.82 Å². The third kappa shape index (κ3) is 2.37. The third-order valence-corrected chi connectivity index (χ3v) is 4.96. The fourth-order valence-corrected chi connectivity index (χ4v) is 3.56. The predicted octanol–water partition coefficient (Wildman–Crippen LogP) is 4.68. The van der Waals surface area contributed by atoms with Crippen LogP contribution in [0.3, 0.4) is 0 Å². The van der Waals surface area contributed by atoms with Gasteiger partial charge in [0.25, 0.3) is 0 Å². The maximum absolute atomic E-state index is 4.72. The number of H-pyrrole nitrogens is 2. The first-order valence-electron chi connectivity index (χ1n) is 7.39. The molecule has 4 rings (SSSR count). The zero-order chi connectivity index (χ0) is 14.9. The molecule has 0 bridgehead atoms.